The lowest BCUT2D eigenvalue weighted by molar-refractivity contribution is -0.150. The van der Waals surface area contributed by atoms with Crippen LogP contribution < -0.4 is 5.73 Å². The van der Waals surface area contributed by atoms with E-state index in [0.717, 1.165) is 18.4 Å². The first-order chi connectivity index (χ1) is 10.7. The van der Waals surface area contributed by atoms with Gasteiger partial charge in [-0.2, -0.15) is 5.10 Å². The Labute approximate surface area is 154 Å². The number of rotatable bonds is 4. The molecule has 0 radical (unpaired) electrons. The third-order valence-corrected chi connectivity index (χ3v) is 4.25. The predicted molar refractivity (Wildman–Crippen MR) is 94.7 cm³/mol. The third-order valence-electron chi connectivity index (χ3n) is 4.25. The van der Waals surface area contributed by atoms with Crippen molar-refractivity contribution in [2.45, 2.75) is 44.6 Å². The lowest BCUT2D eigenvalue weighted by Crippen LogP contribution is -2.50. The number of aromatic nitrogens is 2. The second-order valence-electron chi connectivity index (χ2n) is 6.08. The fraction of sp³-hybridized carbons (Fsp3) is 0.733. The summed E-state index contributed by atoms with van der Waals surface area (Å²) < 4.78 is 13.3. The summed E-state index contributed by atoms with van der Waals surface area (Å²) in [7, 11) is 0. The Hall–Kier alpha value is -0.860. The molecule has 0 saturated carbocycles. The van der Waals surface area contributed by atoms with E-state index >= 15 is 0 Å². The number of halogens is 2. The van der Waals surface area contributed by atoms with Gasteiger partial charge in [0.1, 0.15) is 6.10 Å². The highest BCUT2D eigenvalue weighted by Crippen LogP contribution is 2.22. The van der Waals surface area contributed by atoms with Crippen LogP contribution in [0.25, 0.3) is 0 Å². The highest BCUT2D eigenvalue weighted by atomic mass is 35.5. The molecule has 9 heteroatoms. The number of hydrogen-bond acceptors (Lipinski definition) is 5. The number of carbonyl (C=O) groups is 1. The van der Waals surface area contributed by atoms with Gasteiger partial charge < -0.3 is 20.1 Å². The van der Waals surface area contributed by atoms with Crippen molar-refractivity contribution in [3.8, 4) is 0 Å². The van der Waals surface area contributed by atoms with Gasteiger partial charge in [0.2, 0.25) is 0 Å². The molecule has 24 heavy (non-hydrogen) atoms. The molecule has 0 bridgehead atoms. The number of aryl methyl sites for hydroxylation is 1. The second kappa shape index (κ2) is 9.58. The lowest BCUT2D eigenvalue weighted by atomic mass is 10.1. The fourth-order valence-corrected chi connectivity index (χ4v) is 3.07. The Kier molecular flexibility index (Phi) is 8.45. The smallest absolute Gasteiger partial charge is 0.251 e. The van der Waals surface area contributed by atoms with E-state index in [9.17, 15) is 4.79 Å². The summed E-state index contributed by atoms with van der Waals surface area (Å²) in [6, 6.07) is 0. The number of amides is 1. The van der Waals surface area contributed by atoms with Crippen molar-refractivity contribution in [3.05, 3.63) is 18.0 Å². The van der Waals surface area contributed by atoms with E-state index in [0.29, 0.717) is 32.8 Å². The van der Waals surface area contributed by atoms with Crippen LogP contribution in [-0.2, 0) is 20.8 Å². The number of nitrogens with two attached hydrogens (primary N) is 1. The summed E-state index contributed by atoms with van der Waals surface area (Å²) in [5.74, 6) is 0.0703. The Morgan fingerprint density at radius 2 is 2.17 bits per heavy atom. The third kappa shape index (κ3) is 5.07. The van der Waals surface area contributed by atoms with Gasteiger partial charge in [-0.25, -0.2) is 0 Å². The minimum absolute atomic E-state index is 0. The molecule has 1 aromatic heterocycles. The van der Waals surface area contributed by atoms with E-state index in [1.165, 1.54) is 0 Å². The summed E-state index contributed by atoms with van der Waals surface area (Å²) in [6.07, 6.45) is 5.11. The Morgan fingerprint density at radius 3 is 2.79 bits per heavy atom. The molecule has 2 saturated heterocycles. The highest BCUT2D eigenvalue weighted by molar-refractivity contribution is 5.85. The Balaban J connectivity index is 0.00000144. The van der Waals surface area contributed by atoms with Crippen LogP contribution in [0.2, 0.25) is 0 Å². The molecule has 138 valence electrons. The van der Waals surface area contributed by atoms with Crippen molar-refractivity contribution in [3.63, 3.8) is 0 Å². The molecule has 3 atom stereocenters. The van der Waals surface area contributed by atoms with Crippen LogP contribution in [0.5, 0.6) is 0 Å². The van der Waals surface area contributed by atoms with E-state index in [-0.39, 0.29) is 49.0 Å². The largest absolute Gasteiger partial charge is 0.373 e. The van der Waals surface area contributed by atoms with Crippen LogP contribution in [0, 0.1) is 6.92 Å². The number of ether oxygens (including phenoxy) is 2. The van der Waals surface area contributed by atoms with Gasteiger partial charge in [0.15, 0.2) is 0 Å². The summed E-state index contributed by atoms with van der Waals surface area (Å²) in [4.78, 5) is 14.4. The van der Waals surface area contributed by atoms with E-state index < -0.39 is 0 Å². The van der Waals surface area contributed by atoms with E-state index in [2.05, 4.69) is 5.10 Å². The molecular weight excluding hydrogens is 355 g/mol. The molecule has 1 unspecified atom stereocenters. The monoisotopic (exact) mass is 380 g/mol. The average Bonchev–Trinajstić information content (AvgIpc) is 3.16. The van der Waals surface area contributed by atoms with Gasteiger partial charge in [-0.1, -0.05) is 0 Å². The van der Waals surface area contributed by atoms with Gasteiger partial charge >= 0.3 is 0 Å². The van der Waals surface area contributed by atoms with Crippen LogP contribution >= 0.6 is 24.8 Å². The molecule has 1 amide bonds. The summed E-state index contributed by atoms with van der Waals surface area (Å²) >= 11 is 0. The molecule has 2 N–H and O–H groups in total. The highest BCUT2D eigenvalue weighted by Gasteiger charge is 2.35. The number of hydrogen-bond donors (Lipinski definition) is 1. The van der Waals surface area contributed by atoms with Crippen LogP contribution in [0.15, 0.2) is 12.4 Å². The number of morpholine rings is 1. The summed E-state index contributed by atoms with van der Waals surface area (Å²) in [5, 5.41) is 4.27. The van der Waals surface area contributed by atoms with Crippen molar-refractivity contribution in [2.24, 2.45) is 5.73 Å². The Morgan fingerprint density at radius 1 is 1.38 bits per heavy atom. The molecule has 0 aromatic carbocycles. The first-order valence-electron chi connectivity index (χ1n) is 7.90. The molecular formula is C15H26Cl2N4O3. The normalized spacial score (nSPS) is 26.6. The fourth-order valence-electron chi connectivity index (χ4n) is 3.07. The average molecular weight is 381 g/mol. The van der Waals surface area contributed by atoms with Crippen molar-refractivity contribution >= 4 is 30.7 Å². The lowest BCUT2D eigenvalue weighted by Gasteiger charge is -2.34. The second-order valence-corrected chi connectivity index (χ2v) is 6.08. The Bertz CT molecular complexity index is 529. The SMILES string of the molecule is Cc1cnn(CC2CN(C(=O)[C@@H]3CC[C@H](CN)O3)CCO2)c1.Cl.Cl. The van der Waals surface area contributed by atoms with Crippen LogP contribution in [0.1, 0.15) is 18.4 Å². The maximum Gasteiger partial charge on any atom is 0.251 e. The van der Waals surface area contributed by atoms with Crippen LogP contribution in [0.4, 0.5) is 0 Å². The first-order valence-corrected chi connectivity index (χ1v) is 7.90. The molecule has 3 rings (SSSR count). The standard InChI is InChI=1S/C15H24N4O3.2ClH/c1-11-7-17-19(8-11)10-13-9-18(4-5-21-13)15(20)14-3-2-12(6-16)22-14;;/h7-8,12-14H,2-6,9-10,16H2,1H3;2*1H/t12-,13?,14+;;/m1../s1. The minimum Gasteiger partial charge on any atom is -0.373 e. The number of carbonyl (C=O) groups excluding carboxylic acids is 1. The van der Waals surface area contributed by atoms with Gasteiger partial charge in [-0.15, -0.1) is 24.8 Å². The zero-order valence-electron chi connectivity index (χ0n) is 13.8. The zero-order valence-corrected chi connectivity index (χ0v) is 15.4. The molecule has 0 spiro atoms. The summed E-state index contributed by atoms with van der Waals surface area (Å²) in [6.45, 7) is 4.92. The quantitative estimate of drug-likeness (QED) is 0.833. The molecule has 7 nitrogen and oxygen atoms in total. The van der Waals surface area contributed by atoms with Crippen molar-refractivity contribution < 1.29 is 14.3 Å². The summed E-state index contributed by atoms with van der Waals surface area (Å²) in [5.41, 5.74) is 6.73. The van der Waals surface area contributed by atoms with Gasteiger partial charge in [0, 0.05) is 25.8 Å². The van der Waals surface area contributed by atoms with E-state index in [1.54, 1.807) is 0 Å². The molecule has 0 aliphatic carbocycles. The molecule has 2 fully saturated rings. The van der Waals surface area contributed by atoms with Gasteiger partial charge in [0.25, 0.3) is 5.91 Å². The molecule has 3 heterocycles. The van der Waals surface area contributed by atoms with Gasteiger partial charge in [-0.3, -0.25) is 9.48 Å². The molecule has 2 aliphatic rings. The maximum atomic E-state index is 12.5. The first kappa shape index (κ1) is 21.2. The van der Waals surface area contributed by atoms with Crippen molar-refractivity contribution in [1.29, 1.82) is 0 Å². The van der Waals surface area contributed by atoms with Crippen LogP contribution in [-0.4, -0.2) is 65.1 Å². The van der Waals surface area contributed by atoms with Gasteiger partial charge in [0.05, 0.1) is 31.6 Å². The van der Waals surface area contributed by atoms with Crippen molar-refractivity contribution in [1.82, 2.24) is 14.7 Å². The zero-order chi connectivity index (χ0) is 15.5. The molecule has 1 aromatic rings. The van der Waals surface area contributed by atoms with E-state index in [1.807, 2.05) is 28.9 Å². The van der Waals surface area contributed by atoms with Crippen molar-refractivity contribution in [2.75, 3.05) is 26.2 Å². The topological polar surface area (TPSA) is 82.6 Å². The molecule has 2 aliphatic heterocycles. The minimum atomic E-state index is -0.334. The maximum absolute atomic E-state index is 12.5. The predicted octanol–water partition coefficient (Wildman–Crippen LogP) is 0.769. The number of nitrogens with zero attached hydrogens (tertiary/aromatic N) is 3. The van der Waals surface area contributed by atoms with Crippen LogP contribution in [0.3, 0.4) is 0 Å². The van der Waals surface area contributed by atoms with E-state index in [4.69, 9.17) is 15.2 Å². The van der Waals surface area contributed by atoms with Gasteiger partial charge in [-0.05, 0) is 25.3 Å².